The highest BCUT2D eigenvalue weighted by atomic mass is 32.2. The Bertz CT molecular complexity index is 678. The molecule has 0 saturated carbocycles. The van der Waals surface area contributed by atoms with Crippen LogP contribution in [0, 0.1) is 5.82 Å². The quantitative estimate of drug-likeness (QED) is 0.678. The minimum Gasteiger partial charge on any atom is -0.293 e. The minimum absolute atomic E-state index is 0.0481. The first-order valence-electron chi connectivity index (χ1n) is 6.07. The van der Waals surface area contributed by atoms with E-state index >= 15 is 0 Å². The van der Waals surface area contributed by atoms with E-state index in [0.29, 0.717) is 10.7 Å². The second-order valence-electron chi connectivity index (χ2n) is 4.50. The maximum absolute atomic E-state index is 13.0. The Kier molecular flexibility index (Phi) is 4.39. The molecule has 1 aromatic heterocycles. The van der Waals surface area contributed by atoms with Gasteiger partial charge in [-0.3, -0.25) is 9.36 Å². The van der Waals surface area contributed by atoms with Gasteiger partial charge in [-0.25, -0.2) is 14.3 Å². The molecule has 0 fully saturated rings. The van der Waals surface area contributed by atoms with E-state index in [1.807, 2.05) is 13.8 Å². The van der Waals surface area contributed by atoms with Crippen LogP contribution in [0.15, 0.2) is 34.2 Å². The van der Waals surface area contributed by atoms with E-state index < -0.39 is 5.82 Å². The lowest BCUT2D eigenvalue weighted by Gasteiger charge is -2.08. The SMILES string of the molecule is CC(C)n1c(SCC(=O)c2cccc(F)c2)n[nH]c1=O. The van der Waals surface area contributed by atoms with Gasteiger partial charge in [0, 0.05) is 11.6 Å². The molecule has 0 amide bonds. The van der Waals surface area contributed by atoms with Crippen LogP contribution in [-0.2, 0) is 0 Å². The molecule has 0 unspecified atom stereocenters. The highest BCUT2D eigenvalue weighted by molar-refractivity contribution is 7.99. The average molecular weight is 295 g/mol. The predicted octanol–water partition coefficient (Wildman–Crippen LogP) is 2.27. The normalized spacial score (nSPS) is 11.0. The Hall–Kier alpha value is -1.89. The molecule has 0 aliphatic carbocycles. The van der Waals surface area contributed by atoms with Gasteiger partial charge in [0.1, 0.15) is 5.82 Å². The predicted molar refractivity (Wildman–Crippen MR) is 74.7 cm³/mol. The maximum Gasteiger partial charge on any atom is 0.344 e. The van der Waals surface area contributed by atoms with E-state index in [4.69, 9.17) is 0 Å². The van der Waals surface area contributed by atoms with Crippen LogP contribution in [0.2, 0.25) is 0 Å². The van der Waals surface area contributed by atoms with Crippen molar-refractivity contribution in [1.82, 2.24) is 14.8 Å². The van der Waals surface area contributed by atoms with Crippen molar-refractivity contribution in [2.24, 2.45) is 0 Å². The van der Waals surface area contributed by atoms with Gasteiger partial charge in [-0.05, 0) is 26.0 Å². The number of Topliss-reactive ketones (excluding diaryl/α,β-unsaturated/α-hetero) is 1. The number of carbonyl (C=O) groups excluding carboxylic acids is 1. The smallest absolute Gasteiger partial charge is 0.293 e. The summed E-state index contributed by atoms with van der Waals surface area (Å²) in [7, 11) is 0. The zero-order chi connectivity index (χ0) is 14.7. The molecule has 1 heterocycles. The number of aromatic amines is 1. The van der Waals surface area contributed by atoms with Crippen LogP contribution in [0.25, 0.3) is 0 Å². The summed E-state index contributed by atoms with van der Waals surface area (Å²) >= 11 is 1.15. The molecule has 5 nitrogen and oxygen atoms in total. The fourth-order valence-electron chi connectivity index (χ4n) is 1.72. The Labute approximate surface area is 119 Å². The van der Waals surface area contributed by atoms with Gasteiger partial charge in [0.2, 0.25) is 0 Å². The van der Waals surface area contributed by atoms with Gasteiger partial charge in [-0.1, -0.05) is 23.9 Å². The maximum atomic E-state index is 13.0. The molecule has 0 aliphatic heterocycles. The van der Waals surface area contributed by atoms with Crippen molar-refractivity contribution in [3.63, 3.8) is 0 Å². The highest BCUT2D eigenvalue weighted by Gasteiger charge is 2.14. The van der Waals surface area contributed by atoms with E-state index in [-0.39, 0.29) is 23.3 Å². The molecule has 0 radical (unpaired) electrons. The lowest BCUT2D eigenvalue weighted by Crippen LogP contribution is -2.19. The van der Waals surface area contributed by atoms with Crippen molar-refractivity contribution in [2.75, 3.05) is 5.75 Å². The first-order chi connectivity index (χ1) is 9.49. The Morgan fingerprint density at radius 1 is 1.50 bits per heavy atom. The molecule has 0 aliphatic rings. The number of ketones is 1. The number of hydrogen-bond acceptors (Lipinski definition) is 4. The van der Waals surface area contributed by atoms with Gasteiger partial charge in [0.25, 0.3) is 0 Å². The van der Waals surface area contributed by atoms with Crippen LogP contribution in [0.3, 0.4) is 0 Å². The number of benzene rings is 1. The molecule has 20 heavy (non-hydrogen) atoms. The number of thioether (sulfide) groups is 1. The molecular weight excluding hydrogens is 281 g/mol. The fourth-order valence-corrected chi connectivity index (χ4v) is 2.69. The largest absolute Gasteiger partial charge is 0.344 e. The number of hydrogen-bond donors (Lipinski definition) is 1. The Morgan fingerprint density at radius 2 is 2.25 bits per heavy atom. The van der Waals surface area contributed by atoms with Crippen molar-refractivity contribution in [3.8, 4) is 0 Å². The zero-order valence-electron chi connectivity index (χ0n) is 11.1. The highest BCUT2D eigenvalue weighted by Crippen LogP contribution is 2.18. The summed E-state index contributed by atoms with van der Waals surface area (Å²) in [4.78, 5) is 23.5. The number of nitrogens with zero attached hydrogens (tertiary/aromatic N) is 2. The van der Waals surface area contributed by atoms with Gasteiger partial charge in [-0.2, -0.15) is 0 Å². The number of aromatic nitrogens is 3. The molecule has 0 bridgehead atoms. The summed E-state index contributed by atoms with van der Waals surface area (Å²) < 4.78 is 14.5. The Balaban J connectivity index is 2.10. The van der Waals surface area contributed by atoms with Crippen molar-refractivity contribution >= 4 is 17.5 Å². The van der Waals surface area contributed by atoms with Crippen molar-refractivity contribution in [1.29, 1.82) is 0 Å². The minimum atomic E-state index is -0.445. The molecule has 2 rings (SSSR count). The van der Waals surface area contributed by atoms with Crippen LogP contribution in [0.4, 0.5) is 4.39 Å². The topological polar surface area (TPSA) is 67.8 Å². The molecule has 0 atom stereocenters. The van der Waals surface area contributed by atoms with Gasteiger partial charge in [-0.15, -0.1) is 5.10 Å². The first-order valence-corrected chi connectivity index (χ1v) is 7.06. The number of nitrogens with one attached hydrogen (secondary N) is 1. The van der Waals surface area contributed by atoms with Gasteiger partial charge in [0.15, 0.2) is 10.9 Å². The lowest BCUT2D eigenvalue weighted by molar-refractivity contribution is 0.102. The molecule has 0 spiro atoms. The molecule has 106 valence electrons. The van der Waals surface area contributed by atoms with Crippen LogP contribution in [-0.4, -0.2) is 26.3 Å². The van der Waals surface area contributed by atoms with E-state index in [9.17, 15) is 14.0 Å². The third-order valence-corrected chi connectivity index (χ3v) is 3.62. The van der Waals surface area contributed by atoms with Gasteiger partial charge < -0.3 is 0 Å². The average Bonchev–Trinajstić information content (AvgIpc) is 2.77. The summed E-state index contributed by atoms with van der Waals surface area (Å²) in [6.07, 6.45) is 0. The van der Waals surface area contributed by atoms with E-state index in [1.165, 1.54) is 22.8 Å². The zero-order valence-corrected chi connectivity index (χ0v) is 11.9. The van der Waals surface area contributed by atoms with Crippen LogP contribution < -0.4 is 5.69 Å². The molecule has 1 aromatic carbocycles. The first kappa shape index (κ1) is 14.5. The summed E-state index contributed by atoms with van der Waals surface area (Å²) in [6.45, 7) is 3.71. The van der Waals surface area contributed by atoms with Gasteiger partial charge >= 0.3 is 5.69 Å². The van der Waals surface area contributed by atoms with E-state index in [2.05, 4.69) is 10.2 Å². The van der Waals surface area contributed by atoms with Crippen molar-refractivity contribution in [3.05, 3.63) is 46.1 Å². The standard InChI is InChI=1S/C13H14FN3O2S/c1-8(2)17-12(19)15-16-13(17)20-7-11(18)9-4-3-5-10(14)6-9/h3-6,8H,7H2,1-2H3,(H,15,19). The monoisotopic (exact) mass is 295 g/mol. The van der Waals surface area contributed by atoms with E-state index in [1.54, 1.807) is 6.07 Å². The molecule has 2 aromatic rings. The third kappa shape index (κ3) is 3.16. The van der Waals surface area contributed by atoms with E-state index in [0.717, 1.165) is 11.8 Å². The summed E-state index contributed by atoms with van der Waals surface area (Å²) in [5.41, 5.74) is 0.00665. The molecule has 0 saturated heterocycles. The van der Waals surface area contributed by atoms with Crippen molar-refractivity contribution in [2.45, 2.75) is 25.0 Å². The van der Waals surface area contributed by atoms with Gasteiger partial charge in [0.05, 0.1) is 5.75 Å². The van der Waals surface area contributed by atoms with Crippen LogP contribution >= 0.6 is 11.8 Å². The number of rotatable bonds is 5. The van der Waals surface area contributed by atoms with Crippen LogP contribution in [0.1, 0.15) is 30.2 Å². The lowest BCUT2D eigenvalue weighted by atomic mass is 10.1. The van der Waals surface area contributed by atoms with Crippen LogP contribution in [0.5, 0.6) is 0 Å². The Morgan fingerprint density at radius 3 is 2.90 bits per heavy atom. The summed E-state index contributed by atoms with van der Waals surface area (Å²) in [6, 6.07) is 5.49. The summed E-state index contributed by atoms with van der Waals surface area (Å²) in [5, 5.41) is 6.69. The molecule has 1 N–H and O–H groups in total. The second kappa shape index (κ2) is 6.04. The van der Waals surface area contributed by atoms with Crippen molar-refractivity contribution < 1.29 is 9.18 Å². The fraction of sp³-hybridized carbons (Fsp3) is 0.308. The number of H-pyrrole nitrogens is 1. The molecular formula is C13H14FN3O2S. The third-order valence-electron chi connectivity index (χ3n) is 2.67. The number of halogens is 1. The number of carbonyl (C=O) groups is 1. The second-order valence-corrected chi connectivity index (χ2v) is 5.44. The molecule has 7 heteroatoms. The summed E-state index contributed by atoms with van der Waals surface area (Å²) in [5.74, 6) is -0.555.